The Morgan fingerprint density at radius 1 is 1.26 bits per heavy atom. The van der Waals surface area contributed by atoms with Crippen LogP contribution in [0.4, 0.5) is 4.39 Å². The van der Waals surface area contributed by atoms with E-state index < -0.39 is 0 Å². The highest BCUT2D eigenvalue weighted by Crippen LogP contribution is 2.14. The van der Waals surface area contributed by atoms with Crippen LogP contribution in [0.25, 0.3) is 0 Å². The highest BCUT2D eigenvalue weighted by molar-refractivity contribution is 9.10. The average Bonchev–Trinajstić information content (AvgIpc) is 2.51. The van der Waals surface area contributed by atoms with Crippen LogP contribution in [0.3, 0.4) is 0 Å². The van der Waals surface area contributed by atoms with Gasteiger partial charge in [0.05, 0.1) is 0 Å². The number of nitrogens with one attached hydrogen (secondary N) is 2. The fourth-order valence-electron chi connectivity index (χ4n) is 2.00. The Morgan fingerprint density at radius 3 is 2.74 bits per heavy atom. The molecule has 0 radical (unpaired) electrons. The minimum Gasteiger partial charge on any atom is -0.356 e. The van der Waals surface area contributed by atoms with Crippen LogP contribution >= 0.6 is 27.5 Å². The van der Waals surface area contributed by atoms with Gasteiger partial charge in [0.2, 0.25) is 0 Å². The van der Waals surface area contributed by atoms with Crippen molar-refractivity contribution < 1.29 is 4.39 Å². The first kappa shape index (κ1) is 17.7. The second-order valence-electron chi connectivity index (χ2n) is 4.87. The largest absolute Gasteiger partial charge is 0.356 e. The summed E-state index contributed by atoms with van der Waals surface area (Å²) in [6, 6.07) is 8.49. The fourth-order valence-corrected chi connectivity index (χ4v) is 2.62. The number of nitrogens with zero attached hydrogens (tertiary/aromatic N) is 2. The van der Waals surface area contributed by atoms with Gasteiger partial charge < -0.3 is 10.6 Å². The minimum atomic E-state index is -0.269. The summed E-state index contributed by atoms with van der Waals surface area (Å²) in [7, 11) is 1.70. The zero-order valence-corrected chi connectivity index (χ0v) is 15.0. The summed E-state index contributed by atoms with van der Waals surface area (Å²) >= 11 is 9.04. The first-order chi connectivity index (χ1) is 11.1. The molecule has 4 nitrogen and oxygen atoms in total. The molecule has 0 aliphatic rings. The lowest BCUT2D eigenvalue weighted by Crippen LogP contribution is -2.37. The van der Waals surface area contributed by atoms with Gasteiger partial charge in [-0.3, -0.25) is 4.99 Å². The Hall–Kier alpha value is -1.66. The summed E-state index contributed by atoms with van der Waals surface area (Å²) in [4.78, 5) is 8.19. The summed E-state index contributed by atoms with van der Waals surface area (Å²) in [5.74, 6) is 0.390. The number of rotatable bonds is 5. The van der Waals surface area contributed by atoms with Crippen molar-refractivity contribution in [3.63, 3.8) is 0 Å². The Balaban J connectivity index is 1.80. The van der Waals surface area contributed by atoms with Crippen molar-refractivity contribution in [3.05, 3.63) is 63.1 Å². The molecular weight excluding hydrogens is 383 g/mol. The molecule has 1 heterocycles. The van der Waals surface area contributed by atoms with Gasteiger partial charge in [-0.2, -0.15) is 0 Å². The third kappa shape index (κ3) is 6.15. The Bertz CT molecular complexity index is 656. The van der Waals surface area contributed by atoms with E-state index in [0.29, 0.717) is 28.7 Å². The second kappa shape index (κ2) is 8.84. The number of guanidine groups is 1. The number of pyridine rings is 1. The molecule has 0 bridgehead atoms. The molecule has 0 amide bonds. The number of halogens is 3. The highest BCUT2D eigenvalue weighted by atomic mass is 79.9. The molecule has 0 fully saturated rings. The van der Waals surface area contributed by atoms with Gasteiger partial charge in [-0.1, -0.05) is 33.6 Å². The Labute approximate surface area is 148 Å². The number of hydrogen-bond donors (Lipinski definition) is 2. The normalized spacial score (nSPS) is 11.4. The van der Waals surface area contributed by atoms with Crippen LogP contribution in [-0.2, 0) is 13.0 Å². The summed E-state index contributed by atoms with van der Waals surface area (Å²) in [5, 5.41) is 6.84. The van der Waals surface area contributed by atoms with E-state index in [1.54, 1.807) is 19.3 Å². The molecular formula is C16H17BrClFN4. The van der Waals surface area contributed by atoms with Crippen molar-refractivity contribution in [2.45, 2.75) is 13.0 Å². The van der Waals surface area contributed by atoms with Gasteiger partial charge in [-0.25, -0.2) is 9.37 Å². The smallest absolute Gasteiger partial charge is 0.191 e. The molecule has 0 spiro atoms. The summed E-state index contributed by atoms with van der Waals surface area (Å²) < 4.78 is 14.0. The van der Waals surface area contributed by atoms with E-state index in [2.05, 4.69) is 36.5 Å². The van der Waals surface area contributed by atoms with Crippen molar-refractivity contribution >= 4 is 33.5 Å². The molecule has 2 aromatic rings. The van der Waals surface area contributed by atoms with Gasteiger partial charge >= 0.3 is 0 Å². The Kier molecular flexibility index (Phi) is 6.80. The molecule has 1 aromatic carbocycles. The highest BCUT2D eigenvalue weighted by Gasteiger charge is 2.02. The topological polar surface area (TPSA) is 49.3 Å². The number of benzene rings is 1. The SMILES string of the molecule is CN=C(NCCc1ccc(Cl)nc1)NCc1cc(F)cc(Br)c1. The first-order valence-electron chi connectivity index (χ1n) is 7.07. The maximum absolute atomic E-state index is 13.3. The molecule has 2 rings (SSSR count). The van der Waals surface area contributed by atoms with E-state index in [9.17, 15) is 4.39 Å². The van der Waals surface area contributed by atoms with Crippen LogP contribution in [-0.4, -0.2) is 24.5 Å². The lowest BCUT2D eigenvalue weighted by molar-refractivity contribution is 0.623. The van der Waals surface area contributed by atoms with Gasteiger partial charge in [0.25, 0.3) is 0 Å². The van der Waals surface area contributed by atoms with Crippen molar-refractivity contribution in [1.82, 2.24) is 15.6 Å². The number of hydrogen-bond acceptors (Lipinski definition) is 2. The zero-order valence-electron chi connectivity index (χ0n) is 12.6. The third-order valence-electron chi connectivity index (χ3n) is 3.10. The third-order valence-corrected chi connectivity index (χ3v) is 3.78. The van der Waals surface area contributed by atoms with Crippen LogP contribution in [0.2, 0.25) is 5.15 Å². The van der Waals surface area contributed by atoms with Crippen LogP contribution in [0.15, 0.2) is 46.0 Å². The minimum absolute atomic E-state index is 0.269. The molecule has 7 heteroatoms. The van der Waals surface area contributed by atoms with Gasteiger partial charge in [-0.15, -0.1) is 0 Å². The second-order valence-corrected chi connectivity index (χ2v) is 6.17. The van der Waals surface area contributed by atoms with Crippen molar-refractivity contribution in [2.75, 3.05) is 13.6 Å². The molecule has 0 unspecified atom stereocenters. The lowest BCUT2D eigenvalue weighted by Gasteiger charge is -2.12. The molecule has 0 saturated carbocycles. The van der Waals surface area contributed by atoms with E-state index >= 15 is 0 Å². The van der Waals surface area contributed by atoms with Crippen LogP contribution < -0.4 is 10.6 Å². The molecule has 122 valence electrons. The fraction of sp³-hybridized carbons (Fsp3) is 0.250. The molecule has 0 aliphatic heterocycles. The average molecular weight is 400 g/mol. The molecule has 1 aromatic heterocycles. The standard InChI is InChI=1S/C16H17BrClFN4/c1-20-16(21-5-4-11-2-3-15(18)22-9-11)23-10-12-6-13(17)8-14(19)7-12/h2-3,6-9H,4-5,10H2,1H3,(H2,20,21,23). The van der Waals surface area contributed by atoms with Gasteiger partial charge in [-0.05, 0) is 41.8 Å². The van der Waals surface area contributed by atoms with Crippen molar-refractivity contribution in [3.8, 4) is 0 Å². The van der Waals surface area contributed by atoms with E-state index in [0.717, 1.165) is 17.5 Å². The van der Waals surface area contributed by atoms with Crippen LogP contribution in [0, 0.1) is 5.82 Å². The van der Waals surface area contributed by atoms with Gasteiger partial charge in [0.1, 0.15) is 11.0 Å². The Morgan fingerprint density at radius 2 is 2.09 bits per heavy atom. The molecule has 23 heavy (non-hydrogen) atoms. The first-order valence-corrected chi connectivity index (χ1v) is 8.24. The maximum atomic E-state index is 13.3. The van der Waals surface area contributed by atoms with E-state index in [-0.39, 0.29) is 5.82 Å². The number of aromatic nitrogens is 1. The molecule has 0 saturated heterocycles. The number of aliphatic imine (C=N–C) groups is 1. The van der Waals surface area contributed by atoms with Gasteiger partial charge in [0.15, 0.2) is 5.96 Å². The van der Waals surface area contributed by atoms with Crippen molar-refractivity contribution in [1.29, 1.82) is 0 Å². The molecule has 0 atom stereocenters. The lowest BCUT2D eigenvalue weighted by atomic mass is 10.2. The maximum Gasteiger partial charge on any atom is 0.191 e. The van der Waals surface area contributed by atoms with E-state index in [1.807, 2.05) is 12.1 Å². The predicted octanol–water partition coefficient (Wildman–Crippen LogP) is 3.54. The predicted molar refractivity (Wildman–Crippen MR) is 95.3 cm³/mol. The van der Waals surface area contributed by atoms with Crippen LogP contribution in [0.5, 0.6) is 0 Å². The van der Waals surface area contributed by atoms with E-state index in [4.69, 9.17) is 11.6 Å². The molecule has 2 N–H and O–H groups in total. The van der Waals surface area contributed by atoms with Gasteiger partial charge in [0, 0.05) is 30.8 Å². The van der Waals surface area contributed by atoms with Crippen LogP contribution in [0.1, 0.15) is 11.1 Å². The summed E-state index contributed by atoms with van der Waals surface area (Å²) in [6.07, 6.45) is 2.56. The monoisotopic (exact) mass is 398 g/mol. The summed E-state index contributed by atoms with van der Waals surface area (Å²) in [5.41, 5.74) is 1.92. The van der Waals surface area contributed by atoms with Crippen molar-refractivity contribution in [2.24, 2.45) is 4.99 Å². The molecule has 0 aliphatic carbocycles. The zero-order chi connectivity index (χ0) is 16.7. The summed E-state index contributed by atoms with van der Waals surface area (Å²) in [6.45, 7) is 1.19. The van der Waals surface area contributed by atoms with E-state index in [1.165, 1.54) is 12.1 Å². The quantitative estimate of drug-likeness (QED) is 0.459.